The Balaban J connectivity index is 2.16. The highest BCUT2D eigenvalue weighted by atomic mass is 32.1. The predicted octanol–water partition coefficient (Wildman–Crippen LogP) is 2.75. The van der Waals surface area contributed by atoms with E-state index in [1.807, 2.05) is 30.3 Å². The van der Waals surface area contributed by atoms with Crippen molar-refractivity contribution in [1.82, 2.24) is 15.1 Å². The van der Waals surface area contributed by atoms with E-state index in [4.69, 9.17) is 10.3 Å². The Morgan fingerprint density at radius 3 is 2.61 bits per heavy atom. The van der Waals surface area contributed by atoms with E-state index >= 15 is 0 Å². The molecule has 2 aromatic heterocycles. The van der Waals surface area contributed by atoms with Crippen LogP contribution in [-0.4, -0.2) is 15.1 Å². The number of anilines is 1. The van der Waals surface area contributed by atoms with Gasteiger partial charge in [-0.05, 0) is 0 Å². The summed E-state index contributed by atoms with van der Waals surface area (Å²) in [4.78, 5) is 9.39. The van der Waals surface area contributed by atoms with E-state index < -0.39 is 0 Å². The molecule has 2 heterocycles. The standard InChI is InChI=1S/C12H10N4OS/c1-7-14-11(16-17-7)10-9(15-12(13)18-10)8-5-3-2-4-6-8/h2-6H,1H3,(H2,13,15). The molecule has 0 bridgehead atoms. The minimum absolute atomic E-state index is 0.492. The zero-order valence-corrected chi connectivity index (χ0v) is 10.4. The number of nitrogens with zero attached hydrogens (tertiary/aromatic N) is 3. The number of aromatic nitrogens is 3. The summed E-state index contributed by atoms with van der Waals surface area (Å²) in [5, 5.41) is 4.41. The van der Waals surface area contributed by atoms with E-state index in [1.54, 1.807) is 6.92 Å². The lowest BCUT2D eigenvalue weighted by Crippen LogP contribution is -1.85. The molecule has 0 amide bonds. The maximum Gasteiger partial charge on any atom is 0.223 e. The van der Waals surface area contributed by atoms with Gasteiger partial charge < -0.3 is 10.3 Å². The molecule has 3 rings (SSSR count). The molecule has 5 nitrogen and oxygen atoms in total. The van der Waals surface area contributed by atoms with Crippen molar-refractivity contribution < 1.29 is 4.52 Å². The third-order valence-corrected chi connectivity index (χ3v) is 3.30. The number of hydrogen-bond donors (Lipinski definition) is 1. The molecule has 3 aromatic rings. The Bertz CT molecular complexity index is 674. The largest absolute Gasteiger partial charge is 0.375 e. The fourth-order valence-electron chi connectivity index (χ4n) is 1.67. The highest BCUT2D eigenvalue weighted by molar-refractivity contribution is 7.19. The molecule has 6 heteroatoms. The van der Waals surface area contributed by atoms with Crippen LogP contribution in [0.4, 0.5) is 5.13 Å². The molecule has 0 saturated heterocycles. The average Bonchev–Trinajstić information content (AvgIpc) is 2.96. The number of aryl methyl sites for hydroxylation is 1. The summed E-state index contributed by atoms with van der Waals surface area (Å²) in [6.45, 7) is 1.75. The summed E-state index contributed by atoms with van der Waals surface area (Å²) in [6, 6.07) is 9.82. The van der Waals surface area contributed by atoms with Gasteiger partial charge in [-0.15, -0.1) is 0 Å². The lowest BCUT2D eigenvalue weighted by molar-refractivity contribution is 0.394. The molecule has 1 aromatic carbocycles. The minimum Gasteiger partial charge on any atom is -0.375 e. The predicted molar refractivity (Wildman–Crippen MR) is 70.0 cm³/mol. The molecular formula is C12H10N4OS. The van der Waals surface area contributed by atoms with Gasteiger partial charge in [0.25, 0.3) is 0 Å². The first-order valence-electron chi connectivity index (χ1n) is 5.36. The highest BCUT2D eigenvalue weighted by Gasteiger charge is 2.17. The van der Waals surface area contributed by atoms with E-state index in [-0.39, 0.29) is 0 Å². The van der Waals surface area contributed by atoms with E-state index in [0.29, 0.717) is 16.8 Å². The topological polar surface area (TPSA) is 77.8 Å². The van der Waals surface area contributed by atoms with Crippen LogP contribution in [0.5, 0.6) is 0 Å². The molecule has 0 aliphatic rings. The fraction of sp³-hybridized carbons (Fsp3) is 0.0833. The van der Waals surface area contributed by atoms with Gasteiger partial charge >= 0.3 is 0 Å². The Kier molecular flexibility index (Phi) is 2.56. The first-order chi connectivity index (χ1) is 8.74. The monoisotopic (exact) mass is 258 g/mol. The van der Waals surface area contributed by atoms with E-state index in [0.717, 1.165) is 16.1 Å². The second kappa shape index (κ2) is 4.23. The summed E-state index contributed by atoms with van der Waals surface area (Å²) in [5.74, 6) is 1.05. The van der Waals surface area contributed by atoms with Crippen molar-refractivity contribution >= 4 is 16.5 Å². The second-order valence-corrected chi connectivity index (χ2v) is 4.76. The van der Waals surface area contributed by atoms with Crippen molar-refractivity contribution in [3.8, 4) is 22.0 Å². The molecule has 0 spiro atoms. The van der Waals surface area contributed by atoms with E-state index in [9.17, 15) is 0 Å². The van der Waals surface area contributed by atoms with Crippen molar-refractivity contribution in [1.29, 1.82) is 0 Å². The van der Waals surface area contributed by atoms with Gasteiger partial charge in [0.1, 0.15) is 4.88 Å². The normalized spacial score (nSPS) is 10.7. The summed E-state index contributed by atoms with van der Waals surface area (Å²) >= 11 is 1.36. The zero-order chi connectivity index (χ0) is 12.5. The minimum atomic E-state index is 0.492. The van der Waals surface area contributed by atoms with Gasteiger partial charge in [0.05, 0.1) is 5.69 Å². The summed E-state index contributed by atoms with van der Waals surface area (Å²) in [7, 11) is 0. The van der Waals surface area contributed by atoms with Crippen LogP contribution in [-0.2, 0) is 0 Å². The van der Waals surface area contributed by atoms with Crippen LogP contribution in [0.25, 0.3) is 22.0 Å². The van der Waals surface area contributed by atoms with Gasteiger partial charge in [0.15, 0.2) is 5.13 Å². The highest BCUT2D eigenvalue weighted by Crippen LogP contribution is 2.36. The van der Waals surface area contributed by atoms with Crippen LogP contribution in [0.3, 0.4) is 0 Å². The number of nitrogens with two attached hydrogens (primary N) is 1. The first-order valence-corrected chi connectivity index (χ1v) is 6.18. The molecule has 2 N–H and O–H groups in total. The van der Waals surface area contributed by atoms with E-state index in [1.165, 1.54) is 11.3 Å². The Morgan fingerprint density at radius 2 is 1.94 bits per heavy atom. The van der Waals surface area contributed by atoms with Crippen molar-refractivity contribution in [3.63, 3.8) is 0 Å². The maximum atomic E-state index is 5.78. The van der Waals surface area contributed by atoms with Crippen LogP contribution in [0, 0.1) is 6.92 Å². The Hall–Kier alpha value is -2.21. The number of nitrogen functional groups attached to an aromatic ring is 1. The first kappa shape index (κ1) is 10.9. The molecule has 18 heavy (non-hydrogen) atoms. The summed E-state index contributed by atoms with van der Waals surface area (Å²) < 4.78 is 5.00. The SMILES string of the molecule is Cc1nc(-c2sc(N)nc2-c2ccccc2)no1. The quantitative estimate of drug-likeness (QED) is 0.764. The lowest BCUT2D eigenvalue weighted by atomic mass is 10.1. The Labute approximate surface area is 107 Å². The number of hydrogen-bond acceptors (Lipinski definition) is 6. The number of rotatable bonds is 2. The molecule has 0 unspecified atom stereocenters. The third-order valence-electron chi connectivity index (χ3n) is 2.42. The van der Waals surface area contributed by atoms with Gasteiger partial charge in [-0.3, -0.25) is 0 Å². The van der Waals surface area contributed by atoms with Gasteiger partial charge in [-0.1, -0.05) is 46.8 Å². The molecule has 0 radical (unpaired) electrons. The second-order valence-electron chi connectivity index (χ2n) is 3.73. The number of thiazole rings is 1. The maximum absolute atomic E-state index is 5.78. The van der Waals surface area contributed by atoms with Gasteiger partial charge in [0, 0.05) is 12.5 Å². The van der Waals surface area contributed by atoms with Crippen molar-refractivity contribution in [2.45, 2.75) is 6.92 Å². The molecule has 0 fully saturated rings. The van der Waals surface area contributed by atoms with E-state index in [2.05, 4.69) is 15.1 Å². The van der Waals surface area contributed by atoms with Crippen LogP contribution < -0.4 is 5.73 Å². The molecular weight excluding hydrogens is 248 g/mol. The van der Waals surface area contributed by atoms with Gasteiger partial charge in [-0.2, -0.15) is 4.98 Å². The van der Waals surface area contributed by atoms with Crippen LogP contribution >= 0.6 is 11.3 Å². The fourth-order valence-corrected chi connectivity index (χ4v) is 2.45. The lowest BCUT2D eigenvalue weighted by Gasteiger charge is -1.97. The van der Waals surface area contributed by atoms with Crippen molar-refractivity contribution in [2.24, 2.45) is 0 Å². The zero-order valence-electron chi connectivity index (χ0n) is 9.62. The number of benzene rings is 1. The van der Waals surface area contributed by atoms with Gasteiger partial charge in [-0.25, -0.2) is 4.98 Å². The van der Waals surface area contributed by atoms with Gasteiger partial charge in [0.2, 0.25) is 11.7 Å². The third kappa shape index (κ3) is 1.86. The van der Waals surface area contributed by atoms with Crippen LogP contribution in [0.1, 0.15) is 5.89 Å². The average molecular weight is 258 g/mol. The van der Waals surface area contributed by atoms with Crippen molar-refractivity contribution in [3.05, 3.63) is 36.2 Å². The smallest absolute Gasteiger partial charge is 0.223 e. The van der Waals surface area contributed by atoms with Crippen molar-refractivity contribution in [2.75, 3.05) is 5.73 Å². The molecule has 90 valence electrons. The summed E-state index contributed by atoms with van der Waals surface area (Å²) in [6.07, 6.45) is 0. The molecule has 0 atom stereocenters. The summed E-state index contributed by atoms with van der Waals surface area (Å²) in [5.41, 5.74) is 7.56. The molecule has 0 aliphatic heterocycles. The van der Waals surface area contributed by atoms with Crippen LogP contribution in [0.2, 0.25) is 0 Å². The molecule has 0 aliphatic carbocycles. The van der Waals surface area contributed by atoms with Crippen LogP contribution in [0.15, 0.2) is 34.9 Å². The Morgan fingerprint density at radius 1 is 1.17 bits per heavy atom. The molecule has 0 saturated carbocycles.